The van der Waals surface area contributed by atoms with Gasteiger partial charge in [-0.3, -0.25) is 14.2 Å². The predicted molar refractivity (Wildman–Crippen MR) is 114 cm³/mol. The predicted octanol–water partition coefficient (Wildman–Crippen LogP) is 3.05. The van der Waals surface area contributed by atoms with Gasteiger partial charge in [0.05, 0.1) is 17.9 Å². The Labute approximate surface area is 182 Å². The first-order valence-electron chi connectivity index (χ1n) is 9.92. The van der Waals surface area contributed by atoms with E-state index in [0.29, 0.717) is 5.56 Å². The van der Waals surface area contributed by atoms with E-state index in [9.17, 15) is 22.8 Å². The number of amides is 1. The molecule has 6 nitrogen and oxygen atoms in total. The number of carbonyl (C=O) groups excluding carboxylic acids is 1. The number of fused-ring (bicyclic) bond motifs is 1. The Balaban J connectivity index is 2.20. The summed E-state index contributed by atoms with van der Waals surface area (Å²) in [6.45, 7) is 3.08. The lowest BCUT2D eigenvalue weighted by atomic mass is 10.1. The third-order valence-corrected chi connectivity index (χ3v) is 4.57. The lowest BCUT2D eigenvalue weighted by molar-refractivity contribution is -0.137. The minimum atomic E-state index is -4.55. The van der Waals surface area contributed by atoms with E-state index >= 15 is 0 Å². The third kappa shape index (κ3) is 5.21. The average molecular weight is 445 g/mol. The molecule has 1 amide bonds. The van der Waals surface area contributed by atoms with Crippen molar-refractivity contribution in [2.75, 3.05) is 6.61 Å². The van der Waals surface area contributed by atoms with E-state index in [2.05, 4.69) is 17.2 Å². The van der Waals surface area contributed by atoms with E-state index in [-0.39, 0.29) is 42.4 Å². The fourth-order valence-electron chi connectivity index (χ4n) is 3.25. The van der Waals surface area contributed by atoms with Crippen LogP contribution in [-0.4, -0.2) is 32.6 Å². The van der Waals surface area contributed by atoms with Gasteiger partial charge in [-0.2, -0.15) is 13.2 Å². The molecule has 0 fully saturated rings. The molecule has 1 aromatic carbocycles. The lowest BCUT2D eigenvalue weighted by Gasteiger charge is -2.16. The van der Waals surface area contributed by atoms with Gasteiger partial charge in [-0.15, -0.1) is 0 Å². The van der Waals surface area contributed by atoms with Crippen LogP contribution in [0.25, 0.3) is 16.8 Å². The summed E-state index contributed by atoms with van der Waals surface area (Å²) in [5, 5.41) is 11.6. The summed E-state index contributed by atoms with van der Waals surface area (Å²) in [7, 11) is 0. The van der Waals surface area contributed by atoms with Crippen LogP contribution >= 0.6 is 0 Å². The SMILES string of the molecule is CC(C)NC(=O)Cn1c(-c2cccc(C(F)(F)F)c2)cn2cc(C#CCCO)cc2c1=O. The molecule has 0 aliphatic carbocycles. The van der Waals surface area contributed by atoms with Crippen molar-refractivity contribution in [1.29, 1.82) is 0 Å². The van der Waals surface area contributed by atoms with Gasteiger partial charge in [-0.25, -0.2) is 0 Å². The molecule has 0 saturated carbocycles. The number of aliphatic hydroxyl groups excluding tert-OH is 1. The van der Waals surface area contributed by atoms with Crippen LogP contribution < -0.4 is 10.9 Å². The van der Waals surface area contributed by atoms with Crippen LogP contribution in [0.1, 0.15) is 31.4 Å². The standard InChI is InChI=1S/C23H22F3N3O3/c1-15(2)27-21(31)14-29-20(17-7-5-8-18(11-17)23(24,25)26)13-28-12-16(6-3-4-9-30)10-19(28)22(29)32/h5,7-8,10-13,15,30H,4,9,14H2,1-2H3,(H,27,31). The van der Waals surface area contributed by atoms with Gasteiger partial charge in [-0.05, 0) is 32.0 Å². The molecule has 168 valence electrons. The van der Waals surface area contributed by atoms with Gasteiger partial charge in [-0.1, -0.05) is 24.0 Å². The Bertz CT molecular complexity index is 1260. The van der Waals surface area contributed by atoms with E-state index in [4.69, 9.17) is 5.11 Å². The quantitative estimate of drug-likeness (QED) is 0.593. The van der Waals surface area contributed by atoms with Crippen molar-refractivity contribution >= 4 is 11.4 Å². The van der Waals surface area contributed by atoms with E-state index in [0.717, 1.165) is 16.7 Å². The van der Waals surface area contributed by atoms with Crippen molar-refractivity contribution < 1.29 is 23.1 Å². The number of halogens is 3. The highest BCUT2D eigenvalue weighted by Gasteiger charge is 2.30. The van der Waals surface area contributed by atoms with Gasteiger partial charge < -0.3 is 14.8 Å². The van der Waals surface area contributed by atoms with Gasteiger partial charge in [0.2, 0.25) is 5.91 Å². The maximum atomic E-state index is 13.3. The molecule has 2 N–H and O–H groups in total. The lowest BCUT2D eigenvalue weighted by Crippen LogP contribution is -2.36. The number of benzene rings is 1. The maximum absolute atomic E-state index is 13.3. The number of aliphatic hydroxyl groups is 1. The normalized spacial score (nSPS) is 11.5. The number of hydrogen-bond donors (Lipinski definition) is 2. The number of hydrogen-bond acceptors (Lipinski definition) is 3. The van der Waals surface area contributed by atoms with Crippen LogP contribution in [0, 0.1) is 11.8 Å². The number of aromatic nitrogens is 2. The first kappa shape index (κ1) is 23.2. The number of nitrogens with zero attached hydrogens (tertiary/aromatic N) is 2. The molecule has 32 heavy (non-hydrogen) atoms. The van der Waals surface area contributed by atoms with Crippen LogP contribution in [0.4, 0.5) is 13.2 Å². The van der Waals surface area contributed by atoms with Crippen LogP contribution in [0.3, 0.4) is 0 Å². The van der Waals surface area contributed by atoms with Gasteiger partial charge in [0.25, 0.3) is 5.56 Å². The highest BCUT2D eigenvalue weighted by atomic mass is 19.4. The number of nitrogens with one attached hydrogen (secondary N) is 1. The van der Waals surface area contributed by atoms with Crippen molar-refractivity contribution in [2.24, 2.45) is 0 Å². The average Bonchev–Trinajstić information content (AvgIpc) is 3.12. The van der Waals surface area contributed by atoms with Gasteiger partial charge in [0.1, 0.15) is 12.1 Å². The van der Waals surface area contributed by atoms with Crippen molar-refractivity contribution in [1.82, 2.24) is 14.3 Å². The zero-order valence-corrected chi connectivity index (χ0v) is 17.5. The van der Waals surface area contributed by atoms with Crippen LogP contribution in [0.2, 0.25) is 0 Å². The molecule has 3 rings (SSSR count). The maximum Gasteiger partial charge on any atom is 0.416 e. The molecule has 0 aliphatic heterocycles. The molecular formula is C23H22F3N3O3. The molecule has 2 heterocycles. The van der Waals surface area contributed by atoms with Gasteiger partial charge >= 0.3 is 6.18 Å². The first-order valence-corrected chi connectivity index (χ1v) is 9.92. The fourth-order valence-corrected chi connectivity index (χ4v) is 3.25. The molecule has 3 aromatic rings. The number of alkyl halides is 3. The zero-order valence-electron chi connectivity index (χ0n) is 17.5. The number of rotatable bonds is 5. The van der Waals surface area contributed by atoms with Crippen molar-refractivity contribution in [3.63, 3.8) is 0 Å². The minimum Gasteiger partial charge on any atom is -0.395 e. The Kier molecular flexibility index (Phi) is 6.75. The molecule has 0 unspecified atom stereocenters. The minimum absolute atomic E-state index is 0.0994. The number of carbonyl (C=O) groups is 1. The Hall–Kier alpha value is -3.51. The largest absolute Gasteiger partial charge is 0.416 e. The smallest absolute Gasteiger partial charge is 0.395 e. The molecule has 0 saturated heterocycles. The van der Waals surface area contributed by atoms with Gasteiger partial charge in [0, 0.05) is 36.0 Å². The Morgan fingerprint density at radius 2 is 1.97 bits per heavy atom. The molecular weight excluding hydrogens is 423 g/mol. The molecule has 2 aromatic heterocycles. The molecule has 0 spiro atoms. The molecule has 0 bridgehead atoms. The highest BCUT2D eigenvalue weighted by Crippen LogP contribution is 2.32. The van der Waals surface area contributed by atoms with E-state index in [1.165, 1.54) is 22.7 Å². The Morgan fingerprint density at radius 3 is 2.62 bits per heavy atom. The topological polar surface area (TPSA) is 75.7 Å². The molecule has 9 heteroatoms. The van der Waals surface area contributed by atoms with Crippen molar-refractivity contribution in [3.05, 3.63) is 64.2 Å². The Morgan fingerprint density at radius 1 is 1.22 bits per heavy atom. The summed E-state index contributed by atoms with van der Waals surface area (Å²) in [6, 6.07) is 5.98. The fraction of sp³-hybridized carbons (Fsp3) is 0.304. The van der Waals surface area contributed by atoms with E-state index in [1.807, 2.05) is 0 Å². The van der Waals surface area contributed by atoms with Gasteiger partial charge in [0.15, 0.2) is 0 Å². The van der Waals surface area contributed by atoms with Crippen LogP contribution in [-0.2, 0) is 17.5 Å². The van der Waals surface area contributed by atoms with E-state index in [1.54, 1.807) is 26.1 Å². The summed E-state index contributed by atoms with van der Waals surface area (Å²) in [6.07, 6.45) is -1.20. The van der Waals surface area contributed by atoms with Crippen molar-refractivity contribution in [2.45, 2.75) is 39.0 Å². The van der Waals surface area contributed by atoms with Crippen LogP contribution in [0.5, 0.6) is 0 Å². The summed E-state index contributed by atoms with van der Waals surface area (Å²) < 4.78 is 42.4. The second-order valence-electron chi connectivity index (χ2n) is 7.50. The second-order valence-corrected chi connectivity index (χ2v) is 7.50. The molecule has 0 aliphatic rings. The van der Waals surface area contributed by atoms with E-state index < -0.39 is 23.2 Å². The summed E-state index contributed by atoms with van der Waals surface area (Å²) >= 11 is 0. The monoisotopic (exact) mass is 445 g/mol. The molecule has 0 atom stereocenters. The third-order valence-electron chi connectivity index (χ3n) is 4.57. The summed E-state index contributed by atoms with van der Waals surface area (Å²) in [5.41, 5.74) is -0.338. The zero-order chi connectivity index (χ0) is 23.5. The van der Waals surface area contributed by atoms with Crippen LogP contribution in [0.15, 0.2) is 47.5 Å². The highest BCUT2D eigenvalue weighted by molar-refractivity contribution is 5.77. The van der Waals surface area contributed by atoms with Crippen molar-refractivity contribution in [3.8, 4) is 23.1 Å². The first-order chi connectivity index (χ1) is 15.1. The summed E-state index contributed by atoms with van der Waals surface area (Å²) in [4.78, 5) is 25.6. The second kappa shape index (κ2) is 9.32. The molecule has 0 radical (unpaired) electrons. The summed E-state index contributed by atoms with van der Waals surface area (Å²) in [5.74, 6) is 5.15.